The number of alkyl halides is 3. The van der Waals surface area contributed by atoms with Crippen molar-refractivity contribution in [2.24, 2.45) is 0 Å². The van der Waals surface area contributed by atoms with Gasteiger partial charge in [-0.3, -0.25) is 14.4 Å². The molecule has 0 aliphatic heterocycles. The quantitative estimate of drug-likeness (QED) is 0.199. The third-order valence-corrected chi connectivity index (χ3v) is 8.07. The molecule has 0 saturated heterocycles. The average molecular weight is 599 g/mol. The smallest absolute Gasteiger partial charge is 0.446 e. The fourth-order valence-corrected chi connectivity index (χ4v) is 5.81. The molecule has 2 amide bonds. The van der Waals surface area contributed by atoms with E-state index in [-0.39, 0.29) is 41.2 Å². The summed E-state index contributed by atoms with van der Waals surface area (Å²) in [6, 6.07) is 20.4. The van der Waals surface area contributed by atoms with Crippen molar-refractivity contribution in [2.45, 2.75) is 67.2 Å². The number of carbonyl (C=O) groups excluding carboxylic acids is 2. The number of hydrogen-bond acceptors (Lipinski definition) is 4. The van der Waals surface area contributed by atoms with Gasteiger partial charge in [-0.15, -0.1) is 0 Å². The van der Waals surface area contributed by atoms with Crippen LogP contribution in [-0.2, 0) is 16.0 Å². The summed E-state index contributed by atoms with van der Waals surface area (Å²) < 4.78 is 38.7. The standard InChI is InChI=1S/C32H33F3N2O4S/c33-32(34,35)42-27-8-4-7-26(20-27)37-31(41)28(24-15-13-23(14-16-24)22-5-2-1-3-6-22)19-21-9-11-25(12-10-21)30(40)36-18-17-29(38)39/h4,7-16,20,22,28H,1-3,5-6,17-19H2,(H,36,40)(H,37,41)(H,38,39). The van der Waals surface area contributed by atoms with Gasteiger partial charge in [-0.05, 0) is 84.0 Å². The highest BCUT2D eigenvalue weighted by molar-refractivity contribution is 8.00. The fourth-order valence-electron chi connectivity index (χ4n) is 5.21. The highest BCUT2D eigenvalue weighted by Gasteiger charge is 2.29. The zero-order valence-electron chi connectivity index (χ0n) is 23.0. The maximum absolute atomic E-state index is 13.6. The number of anilines is 1. The van der Waals surface area contributed by atoms with Gasteiger partial charge in [-0.1, -0.05) is 61.7 Å². The first-order valence-corrected chi connectivity index (χ1v) is 14.7. The maximum Gasteiger partial charge on any atom is 0.446 e. The van der Waals surface area contributed by atoms with Gasteiger partial charge in [0.2, 0.25) is 5.91 Å². The van der Waals surface area contributed by atoms with Crippen molar-refractivity contribution in [3.05, 3.63) is 95.1 Å². The van der Waals surface area contributed by atoms with E-state index in [0.29, 0.717) is 17.9 Å². The van der Waals surface area contributed by atoms with Crippen LogP contribution in [0.25, 0.3) is 0 Å². The van der Waals surface area contributed by atoms with Crippen LogP contribution >= 0.6 is 11.8 Å². The molecule has 222 valence electrons. The Morgan fingerprint density at radius 1 is 0.929 bits per heavy atom. The van der Waals surface area contributed by atoms with E-state index in [9.17, 15) is 27.6 Å². The first kappa shape index (κ1) is 31.2. The van der Waals surface area contributed by atoms with Gasteiger partial charge in [0.1, 0.15) is 0 Å². The van der Waals surface area contributed by atoms with E-state index in [1.54, 1.807) is 30.3 Å². The molecule has 4 rings (SSSR count). The average Bonchev–Trinajstić information content (AvgIpc) is 2.96. The Morgan fingerprint density at radius 3 is 2.26 bits per heavy atom. The Bertz CT molecular complexity index is 1370. The molecular weight excluding hydrogens is 565 g/mol. The molecule has 0 heterocycles. The van der Waals surface area contributed by atoms with Gasteiger partial charge < -0.3 is 15.7 Å². The van der Waals surface area contributed by atoms with Crippen molar-refractivity contribution in [3.8, 4) is 0 Å². The largest absolute Gasteiger partial charge is 0.481 e. The Kier molecular flexibility index (Phi) is 10.7. The van der Waals surface area contributed by atoms with Crippen molar-refractivity contribution in [3.63, 3.8) is 0 Å². The third kappa shape index (κ3) is 9.37. The van der Waals surface area contributed by atoms with Gasteiger partial charge in [-0.2, -0.15) is 13.2 Å². The summed E-state index contributed by atoms with van der Waals surface area (Å²) in [5.74, 6) is -1.90. The lowest BCUT2D eigenvalue weighted by atomic mass is 9.83. The number of carboxylic acid groups (broad SMARTS) is 1. The summed E-state index contributed by atoms with van der Waals surface area (Å²) in [4.78, 5) is 36.6. The molecule has 1 saturated carbocycles. The number of thioether (sulfide) groups is 1. The summed E-state index contributed by atoms with van der Waals surface area (Å²) in [6.45, 7) is 0.0116. The van der Waals surface area contributed by atoms with Crippen molar-refractivity contribution in [1.82, 2.24) is 5.32 Å². The number of carbonyl (C=O) groups is 3. The van der Waals surface area contributed by atoms with Crippen molar-refractivity contribution < 1.29 is 32.7 Å². The van der Waals surface area contributed by atoms with Crippen LogP contribution in [0.5, 0.6) is 0 Å². The minimum atomic E-state index is -4.44. The summed E-state index contributed by atoms with van der Waals surface area (Å²) in [5.41, 5.74) is -0.997. The van der Waals surface area contributed by atoms with Gasteiger partial charge in [0.15, 0.2) is 0 Å². The molecule has 3 aromatic carbocycles. The minimum absolute atomic E-state index is 0.0116. The molecule has 3 N–H and O–H groups in total. The van der Waals surface area contributed by atoms with Crippen LogP contribution in [0.2, 0.25) is 0 Å². The summed E-state index contributed by atoms with van der Waals surface area (Å²) in [6.07, 6.45) is 6.07. The molecule has 1 aliphatic carbocycles. The van der Waals surface area contributed by atoms with E-state index in [4.69, 9.17) is 5.11 Å². The maximum atomic E-state index is 13.6. The first-order chi connectivity index (χ1) is 20.1. The van der Waals surface area contributed by atoms with Crippen LogP contribution in [0, 0.1) is 0 Å². The lowest BCUT2D eigenvalue weighted by Gasteiger charge is -2.23. The predicted molar refractivity (Wildman–Crippen MR) is 157 cm³/mol. The van der Waals surface area contributed by atoms with Crippen LogP contribution in [0.3, 0.4) is 0 Å². The number of nitrogens with one attached hydrogen (secondary N) is 2. The summed E-state index contributed by atoms with van der Waals surface area (Å²) in [7, 11) is 0. The second-order valence-electron chi connectivity index (χ2n) is 10.4. The minimum Gasteiger partial charge on any atom is -0.481 e. The Morgan fingerprint density at radius 2 is 1.62 bits per heavy atom. The highest BCUT2D eigenvalue weighted by Crippen LogP contribution is 2.38. The lowest BCUT2D eigenvalue weighted by Crippen LogP contribution is -2.26. The zero-order chi connectivity index (χ0) is 30.1. The number of aliphatic carboxylic acids is 1. The van der Waals surface area contributed by atoms with Crippen LogP contribution < -0.4 is 10.6 Å². The number of rotatable bonds is 11. The Labute approximate surface area is 247 Å². The molecule has 1 fully saturated rings. The van der Waals surface area contributed by atoms with Gasteiger partial charge in [0.25, 0.3) is 5.91 Å². The molecule has 1 unspecified atom stereocenters. The number of halogens is 3. The molecular formula is C32H33F3N2O4S. The molecule has 1 atom stereocenters. The molecule has 0 bridgehead atoms. The van der Waals surface area contributed by atoms with Gasteiger partial charge in [-0.25, -0.2) is 0 Å². The van der Waals surface area contributed by atoms with E-state index < -0.39 is 23.3 Å². The molecule has 1 aliphatic rings. The zero-order valence-corrected chi connectivity index (χ0v) is 23.8. The van der Waals surface area contributed by atoms with Gasteiger partial charge in [0, 0.05) is 22.7 Å². The molecule has 0 spiro atoms. The molecule has 3 aromatic rings. The highest BCUT2D eigenvalue weighted by atomic mass is 32.2. The number of amides is 2. The number of carboxylic acids is 1. The second kappa shape index (κ2) is 14.4. The second-order valence-corrected chi connectivity index (χ2v) is 11.6. The molecule has 6 nitrogen and oxygen atoms in total. The Balaban J connectivity index is 1.53. The fraction of sp³-hybridized carbons (Fsp3) is 0.344. The van der Waals surface area contributed by atoms with Crippen molar-refractivity contribution in [1.29, 1.82) is 0 Å². The first-order valence-electron chi connectivity index (χ1n) is 13.9. The molecule has 10 heteroatoms. The van der Waals surface area contributed by atoms with Crippen molar-refractivity contribution in [2.75, 3.05) is 11.9 Å². The molecule has 42 heavy (non-hydrogen) atoms. The predicted octanol–water partition coefficient (Wildman–Crippen LogP) is 7.52. The normalized spacial score (nSPS) is 14.6. The van der Waals surface area contributed by atoms with Crippen LogP contribution in [0.15, 0.2) is 77.7 Å². The molecule has 0 radical (unpaired) electrons. The third-order valence-electron chi connectivity index (χ3n) is 7.35. The Hall–Kier alpha value is -3.79. The van der Waals surface area contributed by atoms with E-state index in [0.717, 1.165) is 24.0 Å². The van der Waals surface area contributed by atoms with E-state index >= 15 is 0 Å². The molecule has 0 aromatic heterocycles. The van der Waals surface area contributed by atoms with Crippen LogP contribution in [0.1, 0.15) is 77.4 Å². The van der Waals surface area contributed by atoms with E-state index in [2.05, 4.69) is 22.8 Å². The SMILES string of the molecule is O=C(O)CCNC(=O)c1ccc(CC(C(=O)Nc2cccc(SC(F)(F)F)c2)c2ccc(C3CCCCC3)cc2)cc1. The van der Waals surface area contributed by atoms with Gasteiger partial charge in [0.05, 0.1) is 12.3 Å². The number of hydrogen-bond donors (Lipinski definition) is 3. The van der Waals surface area contributed by atoms with Crippen molar-refractivity contribution >= 4 is 35.2 Å². The van der Waals surface area contributed by atoms with Gasteiger partial charge >= 0.3 is 11.5 Å². The summed E-state index contributed by atoms with van der Waals surface area (Å²) in [5, 5.41) is 14.1. The number of benzene rings is 3. The lowest BCUT2D eigenvalue weighted by molar-refractivity contribution is -0.136. The topological polar surface area (TPSA) is 95.5 Å². The monoisotopic (exact) mass is 598 g/mol. The van der Waals surface area contributed by atoms with E-state index in [1.807, 2.05) is 12.1 Å². The summed E-state index contributed by atoms with van der Waals surface area (Å²) >= 11 is -0.239. The van der Waals surface area contributed by atoms with E-state index in [1.165, 1.54) is 43.0 Å². The van der Waals surface area contributed by atoms with Crippen LogP contribution in [0.4, 0.5) is 18.9 Å². The van der Waals surface area contributed by atoms with Crippen LogP contribution in [-0.4, -0.2) is 34.9 Å².